The van der Waals surface area contributed by atoms with Crippen LogP contribution in [0.25, 0.3) is 16.9 Å². The van der Waals surface area contributed by atoms with Gasteiger partial charge in [0.15, 0.2) is 17.2 Å². The van der Waals surface area contributed by atoms with Crippen LogP contribution in [0, 0.1) is 18.3 Å². The lowest BCUT2D eigenvalue weighted by Gasteiger charge is -2.11. The summed E-state index contributed by atoms with van der Waals surface area (Å²) < 4.78 is 12.4. The Morgan fingerprint density at radius 2 is 1.67 bits per heavy atom. The average Bonchev–Trinajstić information content (AvgIpc) is 3.06. The van der Waals surface area contributed by atoms with Crippen molar-refractivity contribution < 1.29 is 9.47 Å². The van der Waals surface area contributed by atoms with E-state index in [1.54, 1.807) is 25.0 Å². The largest absolute Gasteiger partial charge is 0.493 e. The van der Waals surface area contributed by atoms with E-state index >= 15 is 0 Å². The van der Waals surface area contributed by atoms with Gasteiger partial charge in [-0.25, -0.2) is 4.68 Å². The number of methoxy groups -OCH3 is 2. The highest BCUT2D eigenvalue weighted by Crippen LogP contribution is 2.33. The fourth-order valence-electron chi connectivity index (χ4n) is 2.52. The zero-order valence-corrected chi connectivity index (χ0v) is 13.8. The van der Waals surface area contributed by atoms with Gasteiger partial charge in [-0.15, -0.1) is 0 Å². The van der Waals surface area contributed by atoms with Crippen LogP contribution in [0.3, 0.4) is 0 Å². The van der Waals surface area contributed by atoms with Crippen molar-refractivity contribution in [3.8, 4) is 34.5 Å². The second-order valence-corrected chi connectivity index (χ2v) is 5.34. The summed E-state index contributed by atoms with van der Waals surface area (Å²) in [5, 5.41) is 13.6. The molecular weight excluding hydrogens is 302 g/mol. The Hall–Kier alpha value is -3.26. The maximum Gasteiger partial charge on any atom is 0.163 e. The molecule has 1 aromatic heterocycles. The van der Waals surface area contributed by atoms with Gasteiger partial charge in [-0.3, -0.25) is 0 Å². The molecule has 0 bridgehead atoms. The molecule has 2 aromatic carbocycles. The lowest BCUT2D eigenvalue weighted by Crippen LogP contribution is -2.00. The van der Waals surface area contributed by atoms with Crippen molar-refractivity contribution in [3.63, 3.8) is 0 Å². The third-order valence-corrected chi connectivity index (χ3v) is 3.78. The molecule has 3 rings (SSSR count). The number of benzene rings is 2. The number of rotatable bonds is 4. The van der Waals surface area contributed by atoms with Crippen molar-refractivity contribution in [2.45, 2.75) is 6.92 Å². The van der Waals surface area contributed by atoms with E-state index in [0.29, 0.717) is 17.2 Å². The van der Waals surface area contributed by atoms with Gasteiger partial charge in [0.1, 0.15) is 6.07 Å². The van der Waals surface area contributed by atoms with Crippen molar-refractivity contribution in [1.29, 1.82) is 5.26 Å². The molecule has 0 aliphatic carbocycles. The lowest BCUT2D eigenvalue weighted by molar-refractivity contribution is 0.355. The molecule has 0 amide bonds. The Labute approximate surface area is 140 Å². The van der Waals surface area contributed by atoms with Crippen LogP contribution in [0.4, 0.5) is 0 Å². The van der Waals surface area contributed by atoms with E-state index in [2.05, 4.69) is 11.2 Å². The van der Waals surface area contributed by atoms with E-state index in [4.69, 9.17) is 9.47 Å². The van der Waals surface area contributed by atoms with Crippen LogP contribution < -0.4 is 9.47 Å². The van der Waals surface area contributed by atoms with Crippen LogP contribution in [0.15, 0.2) is 48.5 Å². The molecule has 0 saturated carbocycles. The minimum Gasteiger partial charge on any atom is -0.493 e. The Morgan fingerprint density at radius 1 is 0.958 bits per heavy atom. The number of nitriles is 1. The summed E-state index contributed by atoms with van der Waals surface area (Å²) in [6, 6.07) is 17.5. The van der Waals surface area contributed by atoms with Gasteiger partial charge in [-0.05, 0) is 37.3 Å². The SMILES string of the molecule is COc1ccc(-c2cc(C#N)nn2-c2ccc(C)cc2)cc1OC. The van der Waals surface area contributed by atoms with Crippen molar-refractivity contribution in [1.82, 2.24) is 9.78 Å². The van der Waals surface area contributed by atoms with Crippen molar-refractivity contribution >= 4 is 0 Å². The van der Waals surface area contributed by atoms with Crippen LogP contribution in [-0.2, 0) is 0 Å². The van der Waals surface area contributed by atoms with Crippen molar-refractivity contribution in [2.24, 2.45) is 0 Å². The van der Waals surface area contributed by atoms with E-state index in [9.17, 15) is 5.26 Å². The van der Waals surface area contributed by atoms with Gasteiger partial charge in [-0.1, -0.05) is 17.7 Å². The summed E-state index contributed by atoms with van der Waals surface area (Å²) in [7, 11) is 3.20. The summed E-state index contributed by atoms with van der Waals surface area (Å²) in [5.74, 6) is 1.29. The molecular formula is C19H17N3O2. The zero-order chi connectivity index (χ0) is 17.1. The van der Waals surface area contributed by atoms with Gasteiger partial charge in [0.2, 0.25) is 0 Å². The van der Waals surface area contributed by atoms with E-state index in [1.807, 2.05) is 49.4 Å². The second-order valence-electron chi connectivity index (χ2n) is 5.34. The number of hydrogen-bond acceptors (Lipinski definition) is 4. The minimum atomic E-state index is 0.361. The Kier molecular flexibility index (Phi) is 4.21. The molecule has 3 aromatic rings. The summed E-state index contributed by atoms with van der Waals surface area (Å²) in [5.41, 5.74) is 4.13. The van der Waals surface area contributed by atoms with Gasteiger partial charge < -0.3 is 9.47 Å². The molecule has 0 aliphatic rings. The maximum absolute atomic E-state index is 9.23. The van der Waals surface area contributed by atoms with Crippen LogP contribution in [0.2, 0.25) is 0 Å². The third-order valence-electron chi connectivity index (χ3n) is 3.78. The number of ether oxygens (including phenoxy) is 2. The molecule has 120 valence electrons. The van der Waals surface area contributed by atoms with Crippen LogP contribution in [0.1, 0.15) is 11.3 Å². The second kappa shape index (κ2) is 6.47. The van der Waals surface area contributed by atoms with Crippen molar-refractivity contribution in [2.75, 3.05) is 14.2 Å². The maximum atomic E-state index is 9.23. The summed E-state index contributed by atoms with van der Waals surface area (Å²) in [6.45, 7) is 2.03. The average molecular weight is 319 g/mol. The molecule has 0 unspecified atom stereocenters. The van der Waals surface area contributed by atoms with E-state index in [0.717, 1.165) is 16.9 Å². The molecule has 0 fully saturated rings. The molecule has 5 nitrogen and oxygen atoms in total. The highest BCUT2D eigenvalue weighted by molar-refractivity contribution is 5.67. The third kappa shape index (κ3) is 2.82. The fraction of sp³-hybridized carbons (Fsp3) is 0.158. The highest BCUT2D eigenvalue weighted by atomic mass is 16.5. The van der Waals surface area contributed by atoms with Crippen LogP contribution in [0.5, 0.6) is 11.5 Å². The first kappa shape index (κ1) is 15.6. The summed E-state index contributed by atoms with van der Waals surface area (Å²) in [6.07, 6.45) is 0. The molecule has 1 heterocycles. The molecule has 0 spiro atoms. The van der Waals surface area contributed by atoms with E-state index < -0.39 is 0 Å². The number of nitrogens with zero attached hydrogens (tertiary/aromatic N) is 3. The zero-order valence-electron chi connectivity index (χ0n) is 13.8. The first-order valence-electron chi connectivity index (χ1n) is 7.46. The topological polar surface area (TPSA) is 60.1 Å². The highest BCUT2D eigenvalue weighted by Gasteiger charge is 2.14. The predicted molar refractivity (Wildman–Crippen MR) is 91.6 cm³/mol. The first-order valence-corrected chi connectivity index (χ1v) is 7.46. The molecule has 5 heteroatoms. The quantitative estimate of drug-likeness (QED) is 0.735. The van der Waals surface area contributed by atoms with Crippen molar-refractivity contribution in [3.05, 3.63) is 59.8 Å². The van der Waals surface area contributed by atoms with Gasteiger partial charge in [0, 0.05) is 11.6 Å². The molecule has 24 heavy (non-hydrogen) atoms. The minimum absolute atomic E-state index is 0.361. The fourth-order valence-corrected chi connectivity index (χ4v) is 2.52. The molecule has 0 saturated heterocycles. The lowest BCUT2D eigenvalue weighted by atomic mass is 10.1. The number of hydrogen-bond donors (Lipinski definition) is 0. The molecule has 0 aliphatic heterocycles. The van der Waals surface area contributed by atoms with E-state index in [-0.39, 0.29) is 0 Å². The predicted octanol–water partition coefficient (Wildman–Crippen LogP) is 3.74. The van der Waals surface area contributed by atoms with Gasteiger partial charge in [0.25, 0.3) is 0 Å². The van der Waals surface area contributed by atoms with Gasteiger partial charge in [0.05, 0.1) is 25.6 Å². The van der Waals surface area contributed by atoms with E-state index in [1.165, 1.54) is 5.56 Å². The number of aryl methyl sites for hydroxylation is 1. The number of aromatic nitrogens is 2. The molecule has 0 N–H and O–H groups in total. The first-order chi connectivity index (χ1) is 11.7. The Balaban J connectivity index is 2.16. The van der Waals surface area contributed by atoms with Crippen LogP contribution >= 0.6 is 0 Å². The molecule has 0 atom stereocenters. The Morgan fingerprint density at radius 3 is 2.29 bits per heavy atom. The standard InChI is InChI=1S/C19H17N3O2/c1-13-4-7-16(8-5-13)22-17(11-15(12-20)21-22)14-6-9-18(23-2)19(10-14)24-3/h4-11H,1-3H3. The smallest absolute Gasteiger partial charge is 0.163 e. The summed E-state index contributed by atoms with van der Waals surface area (Å²) >= 11 is 0. The van der Waals surface area contributed by atoms with Crippen LogP contribution in [-0.4, -0.2) is 24.0 Å². The Bertz CT molecular complexity index is 905. The summed E-state index contributed by atoms with van der Waals surface area (Å²) in [4.78, 5) is 0. The monoisotopic (exact) mass is 319 g/mol. The molecule has 0 radical (unpaired) electrons. The van der Waals surface area contributed by atoms with Gasteiger partial charge >= 0.3 is 0 Å². The normalized spacial score (nSPS) is 10.2. The van der Waals surface area contributed by atoms with Gasteiger partial charge in [-0.2, -0.15) is 10.4 Å².